The van der Waals surface area contributed by atoms with Gasteiger partial charge in [-0.1, -0.05) is 24.3 Å². The van der Waals surface area contributed by atoms with Gasteiger partial charge in [-0.05, 0) is 36.8 Å². The van der Waals surface area contributed by atoms with E-state index in [1.54, 1.807) is 37.3 Å². The number of imide groups is 2. The minimum absolute atomic E-state index is 0.139. The molecule has 0 saturated carbocycles. The van der Waals surface area contributed by atoms with E-state index in [1.165, 1.54) is 23.1 Å². The van der Waals surface area contributed by atoms with Gasteiger partial charge in [-0.15, -0.1) is 0 Å². The average Bonchev–Trinajstić information content (AvgIpc) is 3.03. The zero-order valence-corrected chi connectivity index (χ0v) is 17.9. The number of nitrogens with zero attached hydrogens (tertiary/aromatic N) is 3. The van der Waals surface area contributed by atoms with Crippen LogP contribution < -0.4 is 9.64 Å². The van der Waals surface area contributed by atoms with Gasteiger partial charge in [0.05, 0.1) is 25.4 Å². The third kappa shape index (κ3) is 4.42. The first-order valence-corrected chi connectivity index (χ1v) is 10.5. The van der Waals surface area contributed by atoms with E-state index in [-0.39, 0.29) is 37.0 Å². The lowest BCUT2D eigenvalue weighted by atomic mass is 10.1. The monoisotopic (exact) mass is 455 g/mol. The van der Waals surface area contributed by atoms with Crippen molar-refractivity contribution in [1.29, 1.82) is 0 Å². The van der Waals surface area contributed by atoms with E-state index >= 15 is 0 Å². The molecule has 33 heavy (non-hydrogen) atoms. The number of hydrogen-bond acceptors (Lipinski definition) is 6. The lowest BCUT2D eigenvalue weighted by molar-refractivity contribution is -0.145. The summed E-state index contributed by atoms with van der Waals surface area (Å²) in [4.78, 5) is 53.8. The fourth-order valence-corrected chi connectivity index (χ4v) is 3.77. The second kappa shape index (κ2) is 9.37. The molecule has 172 valence electrons. The molecule has 5 amide bonds. The van der Waals surface area contributed by atoms with Crippen LogP contribution in [0.5, 0.6) is 5.75 Å². The molecule has 10 heteroatoms. The Morgan fingerprint density at radius 3 is 2.55 bits per heavy atom. The molecule has 1 unspecified atom stereocenters. The van der Waals surface area contributed by atoms with Gasteiger partial charge < -0.3 is 14.4 Å². The van der Waals surface area contributed by atoms with Crippen molar-refractivity contribution in [3.8, 4) is 5.75 Å². The third-order valence-corrected chi connectivity index (χ3v) is 5.41. The molecular weight excluding hydrogens is 433 g/mol. The van der Waals surface area contributed by atoms with Crippen molar-refractivity contribution in [2.45, 2.75) is 13.0 Å². The van der Waals surface area contributed by atoms with Gasteiger partial charge in [0.1, 0.15) is 24.2 Å². The van der Waals surface area contributed by atoms with Crippen molar-refractivity contribution in [3.63, 3.8) is 0 Å². The molecule has 2 saturated heterocycles. The van der Waals surface area contributed by atoms with Crippen LogP contribution in [0.15, 0.2) is 48.5 Å². The Labute approximate surface area is 189 Å². The standard InChI is InChI=1S/C23H22FN3O6/c1-2-32-18-6-4-3-5-17(18)27-22(30)21(29)26(23(27)31)14-20(28)25-11-12-33-19(13-25)15-7-9-16(24)10-8-15/h3-10,19H,2,11-14H2,1H3. The number of amides is 5. The molecule has 2 aliphatic heterocycles. The maximum absolute atomic E-state index is 13.2. The highest BCUT2D eigenvalue weighted by atomic mass is 19.1. The van der Waals surface area contributed by atoms with E-state index < -0.39 is 36.4 Å². The Kier molecular flexibility index (Phi) is 6.36. The number of benzene rings is 2. The smallest absolute Gasteiger partial charge is 0.339 e. The second-order valence-electron chi connectivity index (χ2n) is 7.47. The summed E-state index contributed by atoms with van der Waals surface area (Å²) in [5, 5.41) is 0. The van der Waals surface area contributed by atoms with Crippen molar-refractivity contribution < 1.29 is 33.0 Å². The number of carbonyl (C=O) groups is 4. The molecule has 0 N–H and O–H groups in total. The molecule has 2 heterocycles. The summed E-state index contributed by atoms with van der Waals surface area (Å²) in [5.74, 6) is -2.74. The SMILES string of the molecule is CCOc1ccccc1N1C(=O)C(=O)N(CC(=O)N2CCOC(c3ccc(F)cc3)C2)C1=O. The van der Waals surface area contributed by atoms with Crippen LogP contribution in [0.25, 0.3) is 0 Å². The summed E-state index contributed by atoms with van der Waals surface area (Å²) in [7, 11) is 0. The van der Waals surface area contributed by atoms with Gasteiger partial charge in [0, 0.05) is 6.54 Å². The summed E-state index contributed by atoms with van der Waals surface area (Å²) in [6, 6.07) is 11.2. The molecule has 0 aliphatic carbocycles. The highest BCUT2D eigenvalue weighted by molar-refractivity contribution is 6.53. The van der Waals surface area contributed by atoms with Crippen LogP contribution in [-0.2, 0) is 19.1 Å². The maximum atomic E-state index is 13.2. The Morgan fingerprint density at radius 1 is 1.09 bits per heavy atom. The van der Waals surface area contributed by atoms with Gasteiger partial charge in [-0.25, -0.2) is 19.0 Å². The van der Waals surface area contributed by atoms with Crippen LogP contribution in [0, 0.1) is 5.82 Å². The molecule has 2 fully saturated rings. The molecule has 2 aliphatic rings. The van der Waals surface area contributed by atoms with Gasteiger partial charge in [-0.2, -0.15) is 0 Å². The first-order valence-electron chi connectivity index (χ1n) is 10.5. The Hall–Kier alpha value is -3.79. The summed E-state index contributed by atoms with van der Waals surface area (Å²) in [6.45, 7) is 2.15. The van der Waals surface area contributed by atoms with Crippen molar-refractivity contribution in [2.24, 2.45) is 0 Å². The molecule has 9 nitrogen and oxygen atoms in total. The van der Waals surface area contributed by atoms with Crippen LogP contribution in [0.1, 0.15) is 18.6 Å². The number of ether oxygens (including phenoxy) is 2. The number of para-hydroxylation sites is 2. The average molecular weight is 455 g/mol. The van der Waals surface area contributed by atoms with Crippen molar-refractivity contribution in [3.05, 3.63) is 59.9 Å². The fraction of sp³-hybridized carbons (Fsp3) is 0.304. The Morgan fingerprint density at radius 2 is 1.82 bits per heavy atom. The third-order valence-electron chi connectivity index (χ3n) is 5.41. The quantitative estimate of drug-likeness (QED) is 0.489. The topological polar surface area (TPSA) is 96.5 Å². The zero-order chi connectivity index (χ0) is 23.5. The summed E-state index contributed by atoms with van der Waals surface area (Å²) in [5.41, 5.74) is 0.844. The summed E-state index contributed by atoms with van der Waals surface area (Å²) < 4.78 is 24.3. The lowest BCUT2D eigenvalue weighted by Crippen LogP contribution is -2.48. The summed E-state index contributed by atoms with van der Waals surface area (Å²) in [6.07, 6.45) is -0.468. The minimum atomic E-state index is -1.08. The molecule has 0 aromatic heterocycles. The van der Waals surface area contributed by atoms with E-state index in [1.807, 2.05) is 0 Å². The first-order chi connectivity index (χ1) is 15.9. The highest BCUT2D eigenvalue weighted by Crippen LogP contribution is 2.32. The molecule has 1 atom stereocenters. The van der Waals surface area contributed by atoms with E-state index in [9.17, 15) is 23.6 Å². The molecule has 0 radical (unpaired) electrons. The predicted octanol–water partition coefficient (Wildman–Crippen LogP) is 2.12. The number of halogens is 1. The lowest BCUT2D eigenvalue weighted by Gasteiger charge is -2.33. The van der Waals surface area contributed by atoms with E-state index in [2.05, 4.69) is 0 Å². The van der Waals surface area contributed by atoms with E-state index in [4.69, 9.17) is 9.47 Å². The van der Waals surface area contributed by atoms with Gasteiger partial charge in [-0.3, -0.25) is 14.4 Å². The number of hydrogen-bond donors (Lipinski definition) is 0. The van der Waals surface area contributed by atoms with Crippen LogP contribution in [-0.4, -0.2) is 66.4 Å². The minimum Gasteiger partial charge on any atom is -0.492 e. The number of anilines is 1. The van der Waals surface area contributed by atoms with Crippen LogP contribution in [0.4, 0.5) is 14.9 Å². The van der Waals surface area contributed by atoms with Crippen LogP contribution in [0.3, 0.4) is 0 Å². The van der Waals surface area contributed by atoms with Crippen molar-refractivity contribution in [2.75, 3.05) is 37.7 Å². The van der Waals surface area contributed by atoms with Gasteiger partial charge in [0.15, 0.2) is 0 Å². The molecule has 2 aromatic rings. The molecule has 0 spiro atoms. The molecule has 2 aromatic carbocycles. The molecular formula is C23H22FN3O6. The molecule has 4 rings (SSSR count). The fourth-order valence-electron chi connectivity index (χ4n) is 3.77. The Bertz CT molecular complexity index is 1090. The number of carbonyl (C=O) groups excluding carboxylic acids is 4. The van der Waals surface area contributed by atoms with Gasteiger partial charge in [0.2, 0.25) is 5.91 Å². The van der Waals surface area contributed by atoms with Gasteiger partial charge in [0.25, 0.3) is 0 Å². The zero-order valence-electron chi connectivity index (χ0n) is 17.9. The van der Waals surface area contributed by atoms with E-state index in [0.29, 0.717) is 17.1 Å². The second-order valence-corrected chi connectivity index (χ2v) is 7.47. The largest absolute Gasteiger partial charge is 0.492 e. The van der Waals surface area contributed by atoms with Crippen molar-refractivity contribution in [1.82, 2.24) is 9.80 Å². The van der Waals surface area contributed by atoms with Crippen LogP contribution >= 0.6 is 0 Å². The first kappa shape index (κ1) is 22.4. The predicted molar refractivity (Wildman–Crippen MR) is 114 cm³/mol. The molecule has 0 bridgehead atoms. The van der Waals surface area contributed by atoms with Gasteiger partial charge >= 0.3 is 17.8 Å². The van der Waals surface area contributed by atoms with Crippen LogP contribution in [0.2, 0.25) is 0 Å². The maximum Gasteiger partial charge on any atom is 0.339 e. The van der Waals surface area contributed by atoms with Crippen molar-refractivity contribution >= 4 is 29.4 Å². The number of morpholine rings is 1. The highest BCUT2D eigenvalue weighted by Gasteiger charge is 2.47. The number of urea groups is 1. The summed E-state index contributed by atoms with van der Waals surface area (Å²) >= 11 is 0. The Balaban J connectivity index is 1.48. The normalized spacial score (nSPS) is 18.8. The number of rotatable bonds is 6. The van der Waals surface area contributed by atoms with E-state index in [0.717, 1.165) is 4.90 Å².